The number of hydrogen-bond acceptors (Lipinski definition) is 2. The molecule has 0 N–H and O–H groups in total. The van der Waals surface area contributed by atoms with Crippen LogP contribution in [0, 0.1) is 5.92 Å². The Morgan fingerprint density at radius 3 is 2.52 bits per heavy atom. The Labute approximate surface area is 148 Å². The summed E-state index contributed by atoms with van der Waals surface area (Å²) in [6.07, 6.45) is 2.83. The van der Waals surface area contributed by atoms with E-state index in [1.165, 1.54) is 16.7 Å². The highest BCUT2D eigenvalue weighted by atomic mass is 16.5. The minimum atomic E-state index is -0.157. The molecule has 5 rings (SSSR count). The average molecular weight is 333 g/mol. The van der Waals surface area contributed by atoms with Gasteiger partial charge in [0.15, 0.2) is 0 Å². The van der Waals surface area contributed by atoms with Gasteiger partial charge in [-0.25, -0.2) is 0 Å². The van der Waals surface area contributed by atoms with E-state index in [9.17, 15) is 4.79 Å². The molecular weight excluding hydrogens is 310 g/mol. The molecule has 2 fully saturated rings. The predicted octanol–water partition coefficient (Wildman–Crippen LogP) is 3.84. The van der Waals surface area contributed by atoms with Crippen molar-refractivity contribution >= 4 is 5.91 Å². The van der Waals surface area contributed by atoms with Crippen LogP contribution in [-0.4, -0.2) is 23.9 Å². The van der Waals surface area contributed by atoms with Crippen molar-refractivity contribution in [2.24, 2.45) is 5.92 Å². The van der Waals surface area contributed by atoms with Gasteiger partial charge >= 0.3 is 0 Å². The monoisotopic (exact) mass is 333 g/mol. The van der Waals surface area contributed by atoms with Gasteiger partial charge in [0.25, 0.3) is 0 Å². The van der Waals surface area contributed by atoms with Gasteiger partial charge in [0.1, 0.15) is 0 Å². The van der Waals surface area contributed by atoms with E-state index in [1.54, 1.807) is 0 Å². The first-order valence-corrected chi connectivity index (χ1v) is 9.33. The number of rotatable bonds is 2. The van der Waals surface area contributed by atoms with Crippen LogP contribution in [0.25, 0.3) is 0 Å². The van der Waals surface area contributed by atoms with Gasteiger partial charge in [-0.15, -0.1) is 0 Å². The molecule has 0 bridgehead atoms. The summed E-state index contributed by atoms with van der Waals surface area (Å²) >= 11 is 0. The van der Waals surface area contributed by atoms with Gasteiger partial charge in [-0.1, -0.05) is 54.6 Å². The number of amides is 1. The van der Waals surface area contributed by atoms with E-state index >= 15 is 0 Å². The molecule has 2 heterocycles. The normalized spacial score (nSPS) is 26.5. The second kappa shape index (κ2) is 5.70. The molecule has 0 aromatic heterocycles. The molecule has 3 heteroatoms. The van der Waals surface area contributed by atoms with Gasteiger partial charge in [0, 0.05) is 19.0 Å². The zero-order chi connectivity index (χ0) is 16.9. The Balaban J connectivity index is 1.25. The lowest BCUT2D eigenvalue weighted by Gasteiger charge is -2.39. The van der Waals surface area contributed by atoms with Crippen molar-refractivity contribution in [2.75, 3.05) is 13.1 Å². The summed E-state index contributed by atoms with van der Waals surface area (Å²) in [4.78, 5) is 15.0. The van der Waals surface area contributed by atoms with Crippen molar-refractivity contribution in [3.8, 4) is 0 Å². The number of nitrogens with zero attached hydrogens (tertiary/aromatic N) is 1. The molecule has 128 valence electrons. The molecule has 0 radical (unpaired) electrons. The number of carbonyl (C=O) groups excluding carboxylic acids is 1. The fourth-order valence-electron chi connectivity index (χ4n) is 4.66. The number of piperidine rings is 1. The topological polar surface area (TPSA) is 29.5 Å². The lowest BCUT2D eigenvalue weighted by atomic mass is 9.83. The number of ether oxygens (including phenoxy) is 1. The van der Waals surface area contributed by atoms with Gasteiger partial charge in [0.2, 0.25) is 5.91 Å². The summed E-state index contributed by atoms with van der Waals surface area (Å²) in [5.41, 5.74) is 3.81. The largest absolute Gasteiger partial charge is 0.365 e. The molecular formula is C22H23NO2. The van der Waals surface area contributed by atoms with Gasteiger partial charge in [0.05, 0.1) is 12.2 Å². The van der Waals surface area contributed by atoms with Crippen molar-refractivity contribution in [1.29, 1.82) is 0 Å². The molecule has 3 aliphatic rings. The van der Waals surface area contributed by atoms with Crippen LogP contribution in [-0.2, 0) is 21.7 Å². The van der Waals surface area contributed by atoms with Crippen LogP contribution in [0.2, 0.25) is 0 Å². The van der Waals surface area contributed by atoms with E-state index in [-0.39, 0.29) is 11.5 Å². The summed E-state index contributed by atoms with van der Waals surface area (Å²) in [6, 6.07) is 19.0. The minimum absolute atomic E-state index is 0.157. The Morgan fingerprint density at radius 2 is 1.72 bits per heavy atom. The van der Waals surface area contributed by atoms with Crippen LogP contribution in [0.5, 0.6) is 0 Å². The highest BCUT2D eigenvalue weighted by Gasteiger charge is 2.48. The fraction of sp³-hybridized carbons (Fsp3) is 0.409. The second-order valence-electron chi connectivity index (χ2n) is 7.62. The lowest BCUT2D eigenvalue weighted by molar-refractivity contribution is -0.139. The second-order valence-corrected chi connectivity index (χ2v) is 7.62. The van der Waals surface area contributed by atoms with Crippen LogP contribution in [0.4, 0.5) is 0 Å². The zero-order valence-corrected chi connectivity index (χ0v) is 14.4. The summed E-state index contributed by atoms with van der Waals surface area (Å²) in [7, 11) is 0. The Hall–Kier alpha value is -2.13. The number of hydrogen-bond donors (Lipinski definition) is 0. The maximum atomic E-state index is 12.9. The van der Waals surface area contributed by atoms with Crippen LogP contribution >= 0.6 is 0 Å². The minimum Gasteiger partial charge on any atom is -0.365 e. The summed E-state index contributed by atoms with van der Waals surface area (Å²) in [5, 5.41) is 0. The Bertz CT molecular complexity index is 793. The van der Waals surface area contributed by atoms with Crippen molar-refractivity contribution in [2.45, 2.75) is 37.4 Å². The highest BCUT2D eigenvalue weighted by molar-refractivity contribution is 5.83. The van der Waals surface area contributed by atoms with E-state index in [1.807, 2.05) is 6.07 Å². The quantitative estimate of drug-likeness (QED) is 0.836. The van der Waals surface area contributed by atoms with Gasteiger partial charge in [-0.2, -0.15) is 0 Å². The third-order valence-electron chi connectivity index (χ3n) is 6.23. The van der Waals surface area contributed by atoms with Crippen LogP contribution in [0.15, 0.2) is 54.6 Å². The van der Waals surface area contributed by atoms with Crippen molar-refractivity contribution < 1.29 is 9.53 Å². The number of carbonyl (C=O) groups is 1. The smallest absolute Gasteiger partial charge is 0.226 e. The molecule has 1 spiro atoms. The van der Waals surface area contributed by atoms with Crippen LogP contribution in [0.3, 0.4) is 0 Å². The molecule has 2 aliphatic heterocycles. The van der Waals surface area contributed by atoms with E-state index in [0.29, 0.717) is 18.4 Å². The summed E-state index contributed by atoms with van der Waals surface area (Å²) in [5.74, 6) is 0.955. The van der Waals surface area contributed by atoms with E-state index in [0.717, 1.165) is 32.4 Å². The maximum Gasteiger partial charge on any atom is 0.226 e. The number of benzene rings is 2. The fourth-order valence-corrected chi connectivity index (χ4v) is 4.66. The number of fused-ring (bicyclic) bond motifs is 2. The molecule has 1 amide bonds. The first kappa shape index (κ1) is 15.2. The summed E-state index contributed by atoms with van der Waals surface area (Å²) < 4.78 is 6.21. The standard InChI is InChI=1S/C22H23NO2/c24-21(19-14-18(19)16-6-2-1-3-7-16)23-12-10-22(11-13-23)20-9-5-4-8-17(20)15-25-22/h1-9,18-19H,10-15H2/t18-,19+/m1/s1. The molecule has 1 saturated carbocycles. The van der Waals surface area contributed by atoms with E-state index < -0.39 is 0 Å². The Kier molecular flexibility index (Phi) is 3.46. The van der Waals surface area contributed by atoms with Gasteiger partial charge in [-0.05, 0) is 41.9 Å². The molecule has 2 aromatic rings. The molecule has 2 atom stereocenters. The van der Waals surface area contributed by atoms with Crippen LogP contribution < -0.4 is 0 Å². The maximum absolute atomic E-state index is 12.9. The van der Waals surface area contributed by atoms with E-state index in [2.05, 4.69) is 53.4 Å². The molecule has 1 saturated heterocycles. The third kappa shape index (κ3) is 2.49. The van der Waals surface area contributed by atoms with Crippen LogP contribution in [0.1, 0.15) is 41.9 Å². The summed E-state index contributed by atoms with van der Waals surface area (Å²) in [6.45, 7) is 2.33. The van der Waals surface area contributed by atoms with Gasteiger partial charge in [-0.3, -0.25) is 4.79 Å². The third-order valence-corrected chi connectivity index (χ3v) is 6.23. The lowest BCUT2D eigenvalue weighted by Crippen LogP contribution is -2.45. The molecule has 2 aromatic carbocycles. The molecule has 0 unspecified atom stereocenters. The van der Waals surface area contributed by atoms with Crippen molar-refractivity contribution in [3.05, 3.63) is 71.3 Å². The zero-order valence-electron chi connectivity index (χ0n) is 14.4. The molecule has 1 aliphatic carbocycles. The predicted molar refractivity (Wildman–Crippen MR) is 96.0 cm³/mol. The van der Waals surface area contributed by atoms with Crippen molar-refractivity contribution in [3.63, 3.8) is 0 Å². The van der Waals surface area contributed by atoms with Gasteiger partial charge < -0.3 is 9.64 Å². The Morgan fingerprint density at radius 1 is 1.00 bits per heavy atom. The number of likely N-dealkylation sites (tertiary alicyclic amines) is 1. The first-order chi connectivity index (χ1) is 12.3. The van der Waals surface area contributed by atoms with E-state index in [4.69, 9.17) is 4.74 Å². The highest BCUT2D eigenvalue weighted by Crippen LogP contribution is 2.50. The SMILES string of the molecule is O=C([C@H]1C[C@@H]1c1ccccc1)N1CCC2(CC1)OCc1ccccc12. The molecule has 3 nitrogen and oxygen atoms in total. The average Bonchev–Trinajstić information content (AvgIpc) is 3.41. The first-order valence-electron chi connectivity index (χ1n) is 9.33. The molecule has 25 heavy (non-hydrogen) atoms. The van der Waals surface area contributed by atoms with Crippen molar-refractivity contribution in [1.82, 2.24) is 4.90 Å².